The summed E-state index contributed by atoms with van der Waals surface area (Å²) in [5.74, 6) is 1.93. The van der Waals surface area contributed by atoms with Crippen LogP contribution < -0.4 is 5.32 Å². The molecule has 25 heavy (non-hydrogen) atoms. The quantitative estimate of drug-likeness (QED) is 0.854. The van der Waals surface area contributed by atoms with Crippen molar-refractivity contribution in [1.29, 1.82) is 0 Å². The van der Waals surface area contributed by atoms with E-state index in [4.69, 9.17) is 9.26 Å². The molecule has 3 heterocycles. The molecule has 8 heteroatoms. The maximum atomic E-state index is 12.0. The third kappa shape index (κ3) is 4.33. The number of piperidine rings is 1. The Balaban J connectivity index is 1.60. The first-order valence-corrected chi connectivity index (χ1v) is 8.46. The van der Waals surface area contributed by atoms with Gasteiger partial charge in [0.15, 0.2) is 5.82 Å². The normalized spacial score (nSPS) is 15.4. The second kappa shape index (κ2) is 8.06. The topological polar surface area (TPSA) is 93.4 Å². The standard InChI is InChI=1S/C17H23N5O3/c1-12-19-17(25-21-12)14-4-3-8-18-16(14)20-13-5-9-22(10-6-13)15(23)7-11-24-2/h3-4,8,13H,5-7,9-11H2,1-2H3,(H,18,20). The third-order valence-corrected chi connectivity index (χ3v) is 4.27. The summed E-state index contributed by atoms with van der Waals surface area (Å²) in [5.41, 5.74) is 0.793. The summed E-state index contributed by atoms with van der Waals surface area (Å²) in [6, 6.07) is 4.01. The number of nitrogens with zero attached hydrogens (tertiary/aromatic N) is 4. The van der Waals surface area contributed by atoms with Crippen LogP contribution in [0.25, 0.3) is 11.5 Å². The molecule has 0 saturated carbocycles. The van der Waals surface area contributed by atoms with Crippen LogP contribution in [0, 0.1) is 6.92 Å². The molecule has 0 bridgehead atoms. The summed E-state index contributed by atoms with van der Waals surface area (Å²) < 4.78 is 10.2. The molecule has 3 rings (SSSR count). The van der Waals surface area contributed by atoms with Crippen LogP contribution in [0.2, 0.25) is 0 Å². The Morgan fingerprint density at radius 3 is 2.92 bits per heavy atom. The molecule has 1 aliphatic rings. The van der Waals surface area contributed by atoms with Crippen LogP contribution in [0.4, 0.5) is 5.82 Å². The van der Waals surface area contributed by atoms with Crippen molar-refractivity contribution in [3.63, 3.8) is 0 Å². The van der Waals surface area contributed by atoms with Crippen molar-refractivity contribution in [3.05, 3.63) is 24.2 Å². The lowest BCUT2D eigenvalue weighted by Gasteiger charge is -2.33. The van der Waals surface area contributed by atoms with Gasteiger partial charge in [-0.05, 0) is 31.9 Å². The predicted octanol–water partition coefficient (Wildman–Crippen LogP) is 1.88. The molecule has 1 aliphatic heterocycles. The van der Waals surface area contributed by atoms with Gasteiger partial charge in [0.05, 0.1) is 18.6 Å². The molecule has 8 nitrogen and oxygen atoms in total. The summed E-state index contributed by atoms with van der Waals surface area (Å²) >= 11 is 0. The summed E-state index contributed by atoms with van der Waals surface area (Å²) in [4.78, 5) is 22.6. The molecule has 0 aromatic carbocycles. The van der Waals surface area contributed by atoms with Crippen LogP contribution in [0.5, 0.6) is 0 Å². The lowest BCUT2D eigenvalue weighted by atomic mass is 10.0. The first-order chi connectivity index (χ1) is 12.2. The third-order valence-electron chi connectivity index (χ3n) is 4.27. The molecular formula is C17H23N5O3. The largest absolute Gasteiger partial charge is 0.384 e. The lowest BCUT2D eigenvalue weighted by molar-refractivity contribution is -0.133. The molecule has 0 aliphatic carbocycles. The van der Waals surface area contributed by atoms with Crippen LogP contribution in [0.1, 0.15) is 25.1 Å². The molecule has 0 spiro atoms. The van der Waals surface area contributed by atoms with Gasteiger partial charge in [-0.1, -0.05) is 5.16 Å². The van der Waals surface area contributed by atoms with E-state index in [9.17, 15) is 4.79 Å². The lowest BCUT2D eigenvalue weighted by Crippen LogP contribution is -2.42. The van der Waals surface area contributed by atoms with Gasteiger partial charge in [0.25, 0.3) is 5.89 Å². The van der Waals surface area contributed by atoms with Crippen LogP contribution in [-0.4, -0.2) is 58.8 Å². The van der Waals surface area contributed by atoms with E-state index in [0.29, 0.717) is 24.7 Å². The number of anilines is 1. The molecule has 0 radical (unpaired) electrons. The van der Waals surface area contributed by atoms with Crippen molar-refractivity contribution in [2.75, 3.05) is 32.1 Å². The molecule has 1 N–H and O–H groups in total. The second-order valence-electron chi connectivity index (χ2n) is 6.09. The number of amides is 1. The van der Waals surface area contributed by atoms with E-state index < -0.39 is 0 Å². The molecule has 2 aromatic rings. The van der Waals surface area contributed by atoms with Crippen LogP contribution in [0.15, 0.2) is 22.9 Å². The van der Waals surface area contributed by atoms with E-state index in [0.717, 1.165) is 37.3 Å². The number of aryl methyl sites for hydroxylation is 1. The van der Waals surface area contributed by atoms with E-state index in [2.05, 4.69) is 20.4 Å². The molecule has 134 valence electrons. The minimum absolute atomic E-state index is 0.153. The highest BCUT2D eigenvalue weighted by Crippen LogP contribution is 2.26. The van der Waals surface area contributed by atoms with E-state index in [1.807, 2.05) is 17.0 Å². The fraction of sp³-hybridized carbons (Fsp3) is 0.529. The monoisotopic (exact) mass is 345 g/mol. The number of methoxy groups -OCH3 is 1. The average Bonchev–Trinajstić information content (AvgIpc) is 3.07. The van der Waals surface area contributed by atoms with Crippen molar-refractivity contribution in [2.45, 2.75) is 32.2 Å². The Kier molecular flexibility index (Phi) is 5.60. The number of hydrogen-bond acceptors (Lipinski definition) is 7. The predicted molar refractivity (Wildman–Crippen MR) is 92.0 cm³/mol. The first-order valence-electron chi connectivity index (χ1n) is 8.46. The number of likely N-dealkylation sites (tertiary alicyclic amines) is 1. The number of rotatable bonds is 6. The summed E-state index contributed by atoms with van der Waals surface area (Å²) in [7, 11) is 1.61. The first kappa shape index (κ1) is 17.3. The van der Waals surface area contributed by atoms with Crippen molar-refractivity contribution >= 4 is 11.7 Å². The molecular weight excluding hydrogens is 322 g/mol. The highest BCUT2D eigenvalue weighted by molar-refractivity contribution is 5.76. The Hall–Kier alpha value is -2.48. The second-order valence-corrected chi connectivity index (χ2v) is 6.09. The SMILES string of the molecule is COCCC(=O)N1CCC(Nc2ncccc2-c2nc(C)no2)CC1. The molecule has 2 aromatic heterocycles. The zero-order chi connectivity index (χ0) is 17.6. The number of ether oxygens (including phenoxy) is 1. The fourth-order valence-corrected chi connectivity index (χ4v) is 2.91. The number of carbonyl (C=O) groups is 1. The van der Waals surface area contributed by atoms with Crippen LogP contribution in [-0.2, 0) is 9.53 Å². The number of aromatic nitrogens is 3. The summed E-state index contributed by atoms with van der Waals surface area (Å²) in [6.45, 7) is 3.73. The Bertz CT molecular complexity index is 710. The Morgan fingerprint density at radius 2 is 2.24 bits per heavy atom. The minimum atomic E-state index is 0.153. The van der Waals surface area contributed by atoms with E-state index in [1.54, 1.807) is 20.2 Å². The van der Waals surface area contributed by atoms with Gasteiger partial charge < -0.3 is 19.5 Å². The zero-order valence-corrected chi connectivity index (χ0v) is 14.6. The Morgan fingerprint density at radius 1 is 1.44 bits per heavy atom. The number of nitrogens with one attached hydrogen (secondary N) is 1. The van der Waals surface area contributed by atoms with Crippen LogP contribution >= 0.6 is 0 Å². The van der Waals surface area contributed by atoms with E-state index in [-0.39, 0.29) is 11.9 Å². The van der Waals surface area contributed by atoms with Gasteiger partial charge in [0.1, 0.15) is 5.82 Å². The highest BCUT2D eigenvalue weighted by Gasteiger charge is 2.24. The highest BCUT2D eigenvalue weighted by atomic mass is 16.5. The smallest absolute Gasteiger partial charge is 0.261 e. The molecule has 1 fully saturated rings. The molecule has 0 atom stereocenters. The fourth-order valence-electron chi connectivity index (χ4n) is 2.91. The van der Waals surface area contributed by atoms with Crippen molar-refractivity contribution in [2.24, 2.45) is 0 Å². The maximum Gasteiger partial charge on any atom is 0.261 e. The van der Waals surface area contributed by atoms with Gasteiger partial charge in [0, 0.05) is 32.4 Å². The maximum absolute atomic E-state index is 12.0. The number of pyridine rings is 1. The molecule has 1 amide bonds. The van der Waals surface area contributed by atoms with E-state index >= 15 is 0 Å². The van der Waals surface area contributed by atoms with Gasteiger partial charge in [-0.15, -0.1) is 0 Å². The zero-order valence-electron chi connectivity index (χ0n) is 14.6. The minimum Gasteiger partial charge on any atom is -0.384 e. The van der Waals surface area contributed by atoms with Gasteiger partial charge in [-0.2, -0.15) is 4.98 Å². The van der Waals surface area contributed by atoms with Gasteiger partial charge in [-0.25, -0.2) is 4.98 Å². The van der Waals surface area contributed by atoms with E-state index in [1.165, 1.54) is 0 Å². The molecule has 1 saturated heterocycles. The number of hydrogen-bond donors (Lipinski definition) is 1. The average molecular weight is 345 g/mol. The number of carbonyl (C=O) groups excluding carboxylic acids is 1. The summed E-state index contributed by atoms with van der Waals surface area (Å²) in [6.07, 6.45) is 3.92. The van der Waals surface area contributed by atoms with Crippen LogP contribution in [0.3, 0.4) is 0 Å². The van der Waals surface area contributed by atoms with Gasteiger partial charge in [0.2, 0.25) is 5.91 Å². The van der Waals surface area contributed by atoms with Gasteiger partial charge >= 0.3 is 0 Å². The Labute approximate surface area is 146 Å². The summed E-state index contributed by atoms with van der Waals surface area (Å²) in [5, 5.41) is 7.30. The van der Waals surface area contributed by atoms with Crippen molar-refractivity contribution < 1.29 is 14.1 Å². The molecule has 0 unspecified atom stereocenters. The van der Waals surface area contributed by atoms with Gasteiger partial charge in [-0.3, -0.25) is 4.79 Å². The van der Waals surface area contributed by atoms with Crippen molar-refractivity contribution in [1.82, 2.24) is 20.0 Å². The van der Waals surface area contributed by atoms with Crippen molar-refractivity contribution in [3.8, 4) is 11.5 Å².